The van der Waals surface area contributed by atoms with Gasteiger partial charge in [-0.1, -0.05) is 17.3 Å². The Morgan fingerprint density at radius 3 is 2.93 bits per heavy atom. The fourth-order valence-corrected chi connectivity index (χ4v) is 6.85. The van der Waals surface area contributed by atoms with E-state index in [1.165, 1.54) is 18.0 Å². The van der Waals surface area contributed by atoms with Crippen LogP contribution in [0, 0.1) is 0 Å². The molecule has 5 heterocycles. The van der Waals surface area contributed by atoms with Crippen LogP contribution >= 0.6 is 11.3 Å². The molecule has 41 heavy (non-hydrogen) atoms. The second-order valence-corrected chi connectivity index (χ2v) is 11.3. The number of carbonyl (C=O) groups is 1. The number of hydrogen-bond acceptors (Lipinski definition) is 9. The van der Waals surface area contributed by atoms with Crippen molar-refractivity contribution in [2.45, 2.75) is 62.7 Å². The number of piperidine rings is 1. The standard InChI is InChI=1S/C26H27F4N7O3S/c1-37-11-15(25(35-37)39-2)24(38)31-10-19-34-23(36-40-19)22-14(9-26(28,29)30)13-4-3-5-17(21(13)41-22)33-18-8-12-6-7-16(32-12)20(18)27/h3-5,11-12,16,18,20,32-33H,6-10H2,1-2H3,(H,31,38)/t12-,16+,18-,20+/m1/s1. The Kier molecular flexibility index (Phi) is 7.09. The fraction of sp³-hybridized carbons (Fsp3) is 0.462. The van der Waals surface area contributed by atoms with E-state index in [0.717, 1.165) is 24.2 Å². The zero-order valence-electron chi connectivity index (χ0n) is 22.1. The molecule has 0 radical (unpaired) electrons. The molecule has 2 fully saturated rings. The van der Waals surface area contributed by atoms with Gasteiger partial charge in [-0.3, -0.25) is 9.48 Å². The number of ether oxygens (including phenoxy) is 1. The Bertz CT molecular complexity index is 1580. The third-order valence-electron chi connectivity index (χ3n) is 7.42. The molecule has 218 valence electrons. The quantitative estimate of drug-likeness (QED) is 0.258. The first-order valence-corrected chi connectivity index (χ1v) is 13.9. The zero-order valence-corrected chi connectivity index (χ0v) is 22.9. The van der Waals surface area contributed by atoms with Crippen molar-refractivity contribution in [3.63, 3.8) is 0 Å². The van der Waals surface area contributed by atoms with Gasteiger partial charge in [-0.2, -0.15) is 18.2 Å². The number of thiophene rings is 1. The molecule has 0 spiro atoms. The summed E-state index contributed by atoms with van der Waals surface area (Å²) in [7, 11) is 3.03. The van der Waals surface area contributed by atoms with Crippen LogP contribution in [0.25, 0.3) is 20.8 Å². The highest BCUT2D eigenvalue weighted by atomic mass is 32.1. The van der Waals surface area contributed by atoms with Crippen LogP contribution in [0.2, 0.25) is 0 Å². The maximum Gasteiger partial charge on any atom is 0.393 e. The van der Waals surface area contributed by atoms with E-state index in [4.69, 9.17) is 9.26 Å². The number of methoxy groups -OCH3 is 1. The van der Waals surface area contributed by atoms with Crippen molar-refractivity contribution in [3.05, 3.63) is 41.4 Å². The molecular weight excluding hydrogens is 566 g/mol. The lowest BCUT2D eigenvalue weighted by Crippen LogP contribution is -2.52. The molecule has 6 rings (SSSR count). The number of carbonyl (C=O) groups excluding carboxylic acids is 1. The van der Waals surface area contributed by atoms with E-state index >= 15 is 4.39 Å². The molecule has 15 heteroatoms. The molecule has 3 N–H and O–H groups in total. The molecule has 2 bridgehead atoms. The predicted octanol–water partition coefficient (Wildman–Crippen LogP) is 4.37. The van der Waals surface area contributed by atoms with Crippen LogP contribution in [0.3, 0.4) is 0 Å². The van der Waals surface area contributed by atoms with Crippen molar-refractivity contribution in [3.8, 4) is 16.6 Å². The summed E-state index contributed by atoms with van der Waals surface area (Å²) in [6.45, 7) is -0.161. The number of anilines is 1. The highest BCUT2D eigenvalue weighted by molar-refractivity contribution is 7.23. The second kappa shape index (κ2) is 10.6. The lowest BCUT2D eigenvalue weighted by molar-refractivity contribution is -0.126. The molecule has 3 aromatic heterocycles. The first-order valence-electron chi connectivity index (χ1n) is 13.1. The number of nitrogens with zero attached hydrogens (tertiary/aromatic N) is 4. The van der Waals surface area contributed by atoms with E-state index in [1.54, 1.807) is 25.2 Å². The topological polar surface area (TPSA) is 119 Å². The molecule has 0 saturated carbocycles. The summed E-state index contributed by atoms with van der Waals surface area (Å²) in [5.74, 6) is -0.375. The molecule has 2 aliphatic heterocycles. The van der Waals surface area contributed by atoms with E-state index in [-0.39, 0.29) is 52.2 Å². The number of amides is 1. The van der Waals surface area contributed by atoms with Crippen LogP contribution in [0.5, 0.6) is 5.88 Å². The number of fused-ring (bicyclic) bond motifs is 3. The number of aryl methyl sites for hydroxylation is 1. The number of aromatic nitrogens is 4. The minimum Gasteiger partial charge on any atom is -0.479 e. The summed E-state index contributed by atoms with van der Waals surface area (Å²) in [6.07, 6.45) is -3.05. The SMILES string of the molecule is COc1nn(C)cc1C(=O)NCc1nc(-c2sc3c(N[C@@H]4C[C@H]5CC[C@H](N5)[C@@H]4F)cccc3c2CC(F)(F)F)no1. The van der Waals surface area contributed by atoms with Crippen LogP contribution < -0.4 is 20.7 Å². The van der Waals surface area contributed by atoms with Gasteiger partial charge in [0.05, 0.1) is 41.4 Å². The summed E-state index contributed by atoms with van der Waals surface area (Å²) >= 11 is 1.09. The van der Waals surface area contributed by atoms with Gasteiger partial charge in [0.1, 0.15) is 11.7 Å². The fourth-order valence-electron chi connectivity index (χ4n) is 5.63. The first-order chi connectivity index (χ1) is 19.6. The molecule has 10 nitrogen and oxygen atoms in total. The number of benzene rings is 1. The van der Waals surface area contributed by atoms with Crippen LogP contribution in [0.1, 0.15) is 41.1 Å². The van der Waals surface area contributed by atoms with Gasteiger partial charge in [0.25, 0.3) is 5.91 Å². The lowest BCUT2D eigenvalue weighted by atomic mass is 9.97. The van der Waals surface area contributed by atoms with E-state index in [9.17, 15) is 18.0 Å². The Morgan fingerprint density at radius 2 is 2.15 bits per heavy atom. The van der Waals surface area contributed by atoms with Gasteiger partial charge in [0, 0.05) is 25.3 Å². The summed E-state index contributed by atoms with van der Waals surface area (Å²) < 4.78 is 68.6. The van der Waals surface area contributed by atoms with Gasteiger partial charge in [-0.25, -0.2) is 4.39 Å². The molecule has 4 aromatic rings. The van der Waals surface area contributed by atoms with Crippen molar-refractivity contribution >= 4 is 33.0 Å². The minimum atomic E-state index is -4.49. The van der Waals surface area contributed by atoms with Crippen LogP contribution in [-0.2, 0) is 20.0 Å². The molecule has 2 saturated heterocycles. The Morgan fingerprint density at radius 1 is 1.32 bits per heavy atom. The number of halogens is 4. The Labute approximate surface area is 235 Å². The molecule has 2 aliphatic rings. The van der Waals surface area contributed by atoms with Crippen LogP contribution in [0.4, 0.5) is 23.2 Å². The van der Waals surface area contributed by atoms with E-state index in [2.05, 4.69) is 31.2 Å². The highest BCUT2D eigenvalue weighted by Gasteiger charge is 2.42. The number of rotatable bonds is 8. The lowest BCUT2D eigenvalue weighted by Gasteiger charge is -2.34. The van der Waals surface area contributed by atoms with Crippen molar-refractivity contribution in [1.29, 1.82) is 0 Å². The van der Waals surface area contributed by atoms with Crippen LogP contribution in [0.15, 0.2) is 28.9 Å². The van der Waals surface area contributed by atoms with Gasteiger partial charge in [0.2, 0.25) is 17.6 Å². The predicted molar refractivity (Wildman–Crippen MR) is 143 cm³/mol. The second-order valence-electron chi connectivity index (χ2n) is 10.3. The maximum absolute atomic E-state index is 15.1. The third-order valence-corrected chi connectivity index (χ3v) is 8.70. The third kappa shape index (κ3) is 5.47. The average Bonchev–Trinajstić information content (AvgIpc) is 3.71. The monoisotopic (exact) mass is 593 g/mol. The Hall–Kier alpha value is -3.72. The van der Waals surface area contributed by atoms with E-state index in [0.29, 0.717) is 22.2 Å². The Balaban J connectivity index is 1.28. The van der Waals surface area contributed by atoms with Crippen molar-refractivity contribution < 1.29 is 31.6 Å². The van der Waals surface area contributed by atoms with Crippen LogP contribution in [-0.4, -0.2) is 63.4 Å². The minimum absolute atomic E-state index is 0.00965. The summed E-state index contributed by atoms with van der Waals surface area (Å²) in [5, 5.41) is 17.5. The smallest absolute Gasteiger partial charge is 0.393 e. The first kappa shape index (κ1) is 27.4. The van der Waals surface area contributed by atoms with E-state index < -0.39 is 30.7 Å². The van der Waals surface area contributed by atoms with Gasteiger partial charge >= 0.3 is 6.18 Å². The summed E-state index contributed by atoms with van der Waals surface area (Å²) in [5.41, 5.74) is 0.779. The van der Waals surface area contributed by atoms with Gasteiger partial charge in [-0.05, 0) is 36.3 Å². The van der Waals surface area contributed by atoms with Crippen molar-refractivity contribution in [1.82, 2.24) is 30.6 Å². The number of hydrogen-bond donors (Lipinski definition) is 3. The van der Waals surface area contributed by atoms with Gasteiger partial charge in [0.15, 0.2) is 0 Å². The molecule has 0 aliphatic carbocycles. The normalized spacial score (nSPS) is 22.3. The molecule has 4 atom stereocenters. The average molecular weight is 594 g/mol. The number of nitrogens with one attached hydrogen (secondary N) is 3. The molecular formula is C26H27F4N7O3S. The summed E-state index contributed by atoms with van der Waals surface area (Å²) in [4.78, 5) is 17.1. The largest absolute Gasteiger partial charge is 0.479 e. The number of alkyl halides is 4. The van der Waals surface area contributed by atoms with Gasteiger partial charge in [-0.15, -0.1) is 16.4 Å². The molecule has 1 amide bonds. The van der Waals surface area contributed by atoms with Crippen molar-refractivity contribution in [2.75, 3.05) is 12.4 Å². The van der Waals surface area contributed by atoms with Gasteiger partial charge < -0.3 is 25.2 Å². The zero-order chi connectivity index (χ0) is 28.9. The molecule has 0 unspecified atom stereocenters. The highest BCUT2D eigenvalue weighted by Crippen LogP contribution is 2.44. The maximum atomic E-state index is 15.1. The summed E-state index contributed by atoms with van der Waals surface area (Å²) in [6, 6.07) is 4.58. The van der Waals surface area contributed by atoms with E-state index in [1.807, 2.05) is 0 Å². The van der Waals surface area contributed by atoms with Crippen molar-refractivity contribution in [2.24, 2.45) is 7.05 Å². The molecule has 1 aromatic carbocycles.